The lowest BCUT2D eigenvalue weighted by atomic mass is 9.94. The van der Waals surface area contributed by atoms with E-state index in [0.29, 0.717) is 19.4 Å². The fraction of sp³-hybridized carbons (Fsp3) is 0.714. The molecule has 0 saturated carbocycles. The Labute approximate surface area is 104 Å². The van der Waals surface area contributed by atoms with Crippen molar-refractivity contribution in [3.05, 3.63) is 11.6 Å². The molecule has 0 aliphatic heterocycles. The van der Waals surface area contributed by atoms with E-state index in [0.717, 1.165) is 31.1 Å². The maximum Gasteiger partial charge on any atom is 0.306 e. The highest BCUT2D eigenvalue weighted by Gasteiger charge is 2.15. The van der Waals surface area contributed by atoms with Crippen LogP contribution in [0.15, 0.2) is 11.6 Å². The molecule has 0 aromatic carbocycles. The number of allylic oxidation sites excluding steroid dienone is 2. The Morgan fingerprint density at radius 1 is 1.35 bits per heavy atom. The molecular weight excluding hydrogens is 216 g/mol. The smallest absolute Gasteiger partial charge is 0.306 e. The third-order valence-electron chi connectivity index (χ3n) is 2.90. The summed E-state index contributed by atoms with van der Waals surface area (Å²) in [5.41, 5.74) is 1.07. The maximum absolute atomic E-state index is 11.5. The summed E-state index contributed by atoms with van der Waals surface area (Å²) in [7, 11) is 0. The molecule has 17 heavy (non-hydrogen) atoms. The molecule has 0 amide bonds. The minimum Gasteiger partial charge on any atom is -0.466 e. The Morgan fingerprint density at radius 3 is 2.59 bits per heavy atom. The van der Waals surface area contributed by atoms with Gasteiger partial charge < -0.3 is 9.53 Å². The van der Waals surface area contributed by atoms with Crippen molar-refractivity contribution < 1.29 is 14.3 Å². The third-order valence-corrected chi connectivity index (χ3v) is 2.90. The lowest BCUT2D eigenvalue weighted by molar-refractivity contribution is -0.144. The minimum atomic E-state index is -0.200. The van der Waals surface area contributed by atoms with Gasteiger partial charge in [0.05, 0.1) is 13.0 Å². The van der Waals surface area contributed by atoms with E-state index in [1.807, 2.05) is 19.9 Å². The fourth-order valence-corrected chi connectivity index (χ4v) is 1.58. The maximum atomic E-state index is 11.5. The van der Waals surface area contributed by atoms with Gasteiger partial charge in [0, 0.05) is 6.42 Å². The first-order chi connectivity index (χ1) is 8.15. The molecule has 3 nitrogen and oxygen atoms in total. The summed E-state index contributed by atoms with van der Waals surface area (Å²) in [5.74, 6) is -0.203. The molecular formula is C14H24O3. The van der Waals surface area contributed by atoms with Gasteiger partial charge in [-0.3, -0.25) is 4.79 Å². The van der Waals surface area contributed by atoms with Gasteiger partial charge in [-0.15, -0.1) is 0 Å². The average molecular weight is 240 g/mol. The van der Waals surface area contributed by atoms with Crippen LogP contribution in [0.1, 0.15) is 52.9 Å². The summed E-state index contributed by atoms with van der Waals surface area (Å²) in [6.45, 7) is 6.46. The highest BCUT2D eigenvalue weighted by atomic mass is 16.5. The molecule has 0 saturated heterocycles. The molecule has 0 aromatic rings. The molecule has 0 aliphatic carbocycles. The van der Waals surface area contributed by atoms with Crippen molar-refractivity contribution in [3.63, 3.8) is 0 Å². The van der Waals surface area contributed by atoms with Gasteiger partial charge in [-0.2, -0.15) is 0 Å². The van der Waals surface area contributed by atoms with E-state index < -0.39 is 0 Å². The molecule has 98 valence electrons. The summed E-state index contributed by atoms with van der Waals surface area (Å²) in [4.78, 5) is 22.1. The van der Waals surface area contributed by atoms with E-state index >= 15 is 0 Å². The molecule has 0 heterocycles. The van der Waals surface area contributed by atoms with Crippen molar-refractivity contribution >= 4 is 12.3 Å². The third kappa shape index (κ3) is 7.72. The van der Waals surface area contributed by atoms with Crippen LogP contribution in [0.25, 0.3) is 0 Å². The van der Waals surface area contributed by atoms with Gasteiger partial charge in [0.1, 0.15) is 6.29 Å². The Hall–Kier alpha value is -1.12. The molecule has 0 aromatic heterocycles. The van der Waals surface area contributed by atoms with Crippen molar-refractivity contribution in [2.75, 3.05) is 6.61 Å². The van der Waals surface area contributed by atoms with E-state index in [1.54, 1.807) is 0 Å². The molecule has 0 rings (SSSR count). The normalized spacial score (nSPS) is 13.2. The number of rotatable bonds is 9. The number of hydrogen-bond donors (Lipinski definition) is 0. The molecule has 0 N–H and O–H groups in total. The van der Waals surface area contributed by atoms with Crippen LogP contribution in [0.5, 0.6) is 0 Å². The summed E-state index contributed by atoms with van der Waals surface area (Å²) in [6.07, 6.45) is 6.62. The number of esters is 1. The minimum absolute atomic E-state index is 0.00354. The van der Waals surface area contributed by atoms with Crippen molar-refractivity contribution in [2.24, 2.45) is 5.92 Å². The van der Waals surface area contributed by atoms with Crippen molar-refractivity contribution in [1.29, 1.82) is 0 Å². The Balaban J connectivity index is 4.00. The van der Waals surface area contributed by atoms with Crippen LogP contribution in [0, 0.1) is 5.92 Å². The number of hydrogen-bond acceptors (Lipinski definition) is 3. The second-order valence-corrected chi connectivity index (χ2v) is 4.26. The Morgan fingerprint density at radius 2 is 2.06 bits per heavy atom. The molecule has 0 aliphatic rings. The molecule has 3 heteroatoms. The molecule has 0 radical (unpaired) electrons. The van der Waals surface area contributed by atoms with Gasteiger partial charge >= 0.3 is 5.97 Å². The summed E-state index contributed by atoms with van der Waals surface area (Å²) in [5, 5.41) is 0. The van der Waals surface area contributed by atoms with Gasteiger partial charge in [-0.05, 0) is 26.2 Å². The predicted molar refractivity (Wildman–Crippen MR) is 68.7 cm³/mol. The fourth-order valence-electron chi connectivity index (χ4n) is 1.58. The highest BCUT2D eigenvalue weighted by molar-refractivity contribution is 5.70. The average Bonchev–Trinajstić information content (AvgIpc) is 2.33. The van der Waals surface area contributed by atoms with E-state index in [-0.39, 0.29) is 11.9 Å². The zero-order valence-electron chi connectivity index (χ0n) is 11.2. The summed E-state index contributed by atoms with van der Waals surface area (Å²) in [6, 6.07) is 0. The Kier molecular flexibility index (Phi) is 9.40. The molecule has 0 fully saturated rings. The van der Waals surface area contributed by atoms with Crippen LogP contribution in [-0.4, -0.2) is 18.9 Å². The monoisotopic (exact) mass is 240 g/mol. The molecule has 0 unspecified atom stereocenters. The van der Waals surface area contributed by atoms with Crippen molar-refractivity contribution in [1.82, 2.24) is 0 Å². The van der Waals surface area contributed by atoms with E-state index in [4.69, 9.17) is 4.74 Å². The number of aldehydes is 1. The van der Waals surface area contributed by atoms with Crippen LogP contribution in [0.2, 0.25) is 0 Å². The van der Waals surface area contributed by atoms with Crippen LogP contribution in [-0.2, 0) is 14.3 Å². The lowest BCUT2D eigenvalue weighted by Gasteiger charge is -2.14. The van der Waals surface area contributed by atoms with Gasteiger partial charge in [-0.25, -0.2) is 0 Å². The number of unbranched alkanes of at least 4 members (excludes halogenated alkanes) is 2. The first-order valence-electron chi connectivity index (χ1n) is 6.37. The quantitative estimate of drug-likeness (QED) is 0.269. The van der Waals surface area contributed by atoms with E-state index in [1.165, 1.54) is 0 Å². The second kappa shape index (κ2) is 10.1. The number of carbonyl (C=O) groups is 2. The van der Waals surface area contributed by atoms with Crippen LogP contribution in [0.4, 0.5) is 0 Å². The standard InChI is InChI=1S/C14H24O3/c1-4-6-7-10-17-14(16)11-13(8-9-15)12(3)5-2/h5,9,13H,4,6-8,10-11H2,1-3H3/b12-5-/t13-/m0/s1. The second-order valence-electron chi connectivity index (χ2n) is 4.26. The zero-order chi connectivity index (χ0) is 13.1. The lowest BCUT2D eigenvalue weighted by Crippen LogP contribution is -2.14. The highest BCUT2D eigenvalue weighted by Crippen LogP contribution is 2.18. The van der Waals surface area contributed by atoms with Crippen molar-refractivity contribution in [2.45, 2.75) is 52.9 Å². The molecule has 1 atom stereocenters. The first-order valence-corrected chi connectivity index (χ1v) is 6.37. The molecule has 0 bridgehead atoms. The van der Waals surface area contributed by atoms with Crippen LogP contribution >= 0.6 is 0 Å². The largest absolute Gasteiger partial charge is 0.466 e. The number of carbonyl (C=O) groups excluding carboxylic acids is 2. The van der Waals surface area contributed by atoms with E-state index in [2.05, 4.69) is 6.92 Å². The zero-order valence-corrected chi connectivity index (χ0v) is 11.2. The predicted octanol–water partition coefficient (Wildman–Crippen LogP) is 3.28. The Bertz CT molecular complexity index is 256. The summed E-state index contributed by atoms with van der Waals surface area (Å²) >= 11 is 0. The first kappa shape index (κ1) is 15.9. The van der Waals surface area contributed by atoms with Gasteiger partial charge in [0.25, 0.3) is 0 Å². The van der Waals surface area contributed by atoms with Gasteiger partial charge in [0.2, 0.25) is 0 Å². The van der Waals surface area contributed by atoms with Gasteiger partial charge in [0.15, 0.2) is 0 Å². The molecule has 0 spiro atoms. The van der Waals surface area contributed by atoms with E-state index in [9.17, 15) is 9.59 Å². The topological polar surface area (TPSA) is 43.4 Å². The van der Waals surface area contributed by atoms with Crippen LogP contribution < -0.4 is 0 Å². The van der Waals surface area contributed by atoms with Gasteiger partial charge in [-0.1, -0.05) is 31.4 Å². The van der Waals surface area contributed by atoms with Crippen LogP contribution in [0.3, 0.4) is 0 Å². The SMILES string of the molecule is C/C=C(/C)[C@@H](CC=O)CC(=O)OCCCCC. The summed E-state index contributed by atoms with van der Waals surface area (Å²) < 4.78 is 5.13. The number of ether oxygens (including phenoxy) is 1. The van der Waals surface area contributed by atoms with Crippen molar-refractivity contribution in [3.8, 4) is 0 Å².